The average molecular weight is 362 g/mol. The van der Waals surface area contributed by atoms with Gasteiger partial charge in [-0.1, -0.05) is 15.9 Å². The molecule has 0 atom stereocenters. The fourth-order valence-electron chi connectivity index (χ4n) is 2.30. The Kier molecular flexibility index (Phi) is 3.58. The number of hydrogen-bond acceptors (Lipinski definition) is 5. The highest BCUT2D eigenvalue weighted by Gasteiger charge is 2.33. The molecule has 1 aromatic carbocycles. The quantitative estimate of drug-likeness (QED) is 0.909. The predicted octanol–water partition coefficient (Wildman–Crippen LogP) is 2.57. The van der Waals surface area contributed by atoms with Crippen molar-refractivity contribution in [2.45, 2.75) is 0 Å². The van der Waals surface area contributed by atoms with E-state index in [-0.39, 0.29) is 34.4 Å². The Morgan fingerprint density at radius 1 is 1.23 bits per heavy atom. The van der Waals surface area contributed by atoms with Crippen molar-refractivity contribution in [3.63, 3.8) is 0 Å². The zero-order valence-corrected chi connectivity index (χ0v) is 13.5. The Hall–Kier alpha value is -2.41. The van der Waals surface area contributed by atoms with Gasteiger partial charge in [0, 0.05) is 23.3 Å². The number of allylic oxidation sites excluding steroid dienone is 2. The van der Waals surface area contributed by atoms with Crippen molar-refractivity contribution in [3.05, 3.63) is 51.8 Å². The van der Waals surface area contributed by atoms with E-state index in [0.717, 1.165) is 4.47 Å². The summed E-state index contributed by atoms with van der Waals surface area (Å²) in [6.07, 6.45) is 1.26. The average Bonchev–Trinajstić information content (AvgIpc) is 2.84. The number of fused-ring (bicyclic) bond motifs is 1. The lowest BCUT2D eigenvalue weighted by Gasteiger charge is -2.14. The Morgan fingerprint density at radius 2 is 1.91 bits per heavy atom. The summed E-state index contributed by atoms with van der Waals surface area (Å²) < 4.78 is 7.49. The van der Waals surface area contributed by atoms with Crippen LogP contribution in [-0.4, -0.2) is 28.5 Å². The second kappa shape index (κ2) is 5.42. The molecule has 0 spiro atoms. The molecular weight excluding hydrogens is 350 g/mol. The third kappa shape index (κ3) is 2.33. The van der Waals surface area contributed by atoms with Gasteiger partial charge < -0.3 is 10.1 Å². The van der Waals surface area contributed by atoms with Gasteiger partial charge in [-0.05, 0) is 24.3 Å². The summed E-state index contributed by atoms with van der Waals surface area (Å²) in [7, 11) is 3.06. The van der Waals surface area contributed by atoms with Crippen LogP contribution in [0.2, 0.25) is 0 Å². The summed E-state index contributed by atoms with van der Waals surface area (Å²) in [4.78, 5) is 24.8. The molecule has 3 rings (SSSR count). The van der Waals surface area contributed by atoms with Crippen molar-refractivity contribution in [2.24, 2.45) is 7.05 Å². The van der Waals surface area contributed by atoms with E-state index in [0.29, 0.717) is 5.69 Å². The molecule has 1 aromatic heterocycles. The van der Waals surface area contributed by atoms with Crippen LogP contribution in [0.1, 0.15) is 20.8 Å². The standard InChI is InChI=1S/C15H12BrN3O3/c1-19-15(22-2)12-13(18-19)11(20)7-10(14(12)21)17-9-5-3-8(16)4-6-9/h3-7,17H,1-2H3. The van der Waals surface area contributed by atoms with Gasteiger partial charge in [0.05, 0.1) is 12.8 Å². The van der Waals surface area contributed by atoms with Crippen LogP contribution in [0.4, 0.5) is 5.69 Å². The Balaban J connectivity index is 1.99. The van der Waals surface area contributed by atoms with Gasteiger partial charge in [0.15, 0.2) is 0 Å². The molecule has 1 N–H and O–H groups in total. The van der Waals surface area contributed by atoms with Gasteiger partial charge in [-0.15, -0.1) is 0 Å². The van der Waals surface area contributed by atoms with Gasteiger partial charge in [0.25, 0.3) is 0 Å². The van der Waals surface area contributed by atoms with Crippen LogP contribution < -0.4 is 10.1 Å². The number of halogens is 1. The van der Waals surface area contributed by atoms with Crippen molar-refractivity contribution in [1.82, 2.24) is 9.78 Å². The number of aromatic nitrogens is 2. The first-order valence-electron chi connectivity index (χ1n) is 6.45. The Labute approximate surface area is 134 Å². The van der Waals surface area contributed by atoms with E-state index in [1.54, 1.807) is 19.2 Å². The molecule has 1 aliphatic rings. The first-order valence-corrected chi connectivity index (χ1v) is 7.25. The minimum Gasteiger partial charge on any atom is -0.481 e. The van der Waals surface area contributed by atoms with Gasteiger partial charge in [-0.2, -0.15) is 5.10 Å². The fraction of sp³-hybridized carbons (Fsp3) is 0.133. The second-order valence-electron chi connectivity index (χ2n) is 4.74. The maximum Gasteiger partial charge on any atom is 0.223 e. The van der Waals surface area contributed by atoms with Crippen LogP contribution in [0.25, 0.3) is 0 Å². The molecule has 0 unspecified atom stereocenters. The molecule has 0 aliphatic heterocycles. The molecule has 7 heteroatoms. The zero-order chi connectivity index (χ0) is 15.9. The van der Waals surface area contributed by atoms with Gasteiger partial charge in [-0.25, -0.2) is 4.68 Å². The van der Waals surface area contributed by atoms with Crippen LogP contribution in [0.15, 0.2) is 40.5 Å². The number of ether oxygens (including phenoxy) is 1. The molecule has 2 aromatic rings. The highest BCUT2D eigenvalue weighted by Crippen LogP contribution is 2.29. The number of carbonyl (C=O) groups excluding carboxylic acids is 2. The monoisotopic (exact) mass is 361 g/mol. The number of anilines is 1. The first kappa shape index (κ1) is 14.5. The van der Waals surface area contributed by atoms with Gasteiger partial charge in [0.1, 0.15) is 11.3 Å². The van der Waals surface area contributed by atoms with Crippen molar-refractivity contribution in [3.8, 4) is 5.88 Å². The number of methoxy groups -OCH3 is 1. The first-order chi connectivity index (χ1) is 10.5. The molecule has 0 radical (unpaired) electrons. The lowest BCUT2D eigenvalue weighted by Crippen LogP contribution is -2.21. The largest absolute Gasteiger partial charge is 0.481 e. The molecule has 0 fully saturated rings. The number of hydrogen-bond donors (Lipinski definition) is 1. The summed E-state index contributed by atoms with van der Waals surface area (Å²) in [6, 6.07) is 7.29. The molecule has 0 amide bonds. The van der Waals surface area contributed by atoms with Crippen LogP contribution in [-0.2, 0) is 7.05 Å². The van der Waals surface area contributed by atoms with Crippen LogP contribution in [0.3, 0.4) is 0 Å². The lowest BCUT2D eigenvalue weighted by molar-refractivity contribution is 0.0981. The summed E-state index contributed by atoms with van der Waals surface area (Å²) in [5.41, 5.74) is 1.22. The van der Waals surface area contributed by atoms with Crippen LogP contribution in [0.5, 0.6) is 5.88 Å². The summed E-state index contributed by atoms with van der Waals surface area (Å²) >= 11 is 3.34. The molecule has 6 nitrogen and oxygen atoms in total. The number of benzene rings is 1. The SMILES string of the molecule is COc1c2c(nn1C)C(=O)C=C(Nc1ccc(Br)cc1)C2=O. The van der Waals surface area contributed by atoms with E-state index >= 15 is 0 Å². The van der Waals surface area contributed by atoms with E-state index in [1.807, 2.05) is 12.1 Å². The van der Waals surface area contributed by atoms with Crippen molar-refractivity contribution >= 4 is 33.2 Å². The van der Waals surface area contributed by atoms with Crippen LogP contribution in [0, 0.1) is 0 Å². The summed E-state index contributed by atoms with van der Waals surface area (Å²) in [6.45, 7) is 0. The third-order valence-electron chi connectivity index (χ3n) is 3.29. The topological polar surface area (TPSA) is 73.2 Å². The number of aryl methyl sites for hydroxylation is 1. The second-order valence-corrected chi connectivity index (χ2v) is 5.66. The predicted molar refractivity (Wildman–Crippen MR) is 84.3 cm³/mol. The van der Waals surface area contributed by atoms with Crippen molar-refractivity contribution < 1.29 is 14.3 Å². The number of Topliss-reactive ketones (excluding diaryl/α,β-unsaturated/α-hetero) is 1. The smallest absolute Gasteiger partial charge is 0.223 e. The Bertz CT molecular complexity index is 806. The number of ketones is 2. The summed E-state index contributed by atoms with van der Waals surface area (Å²) in [5, 5.41) is 7.02. The molecule has 0 bridgehead atoms. The minimum absolute atomic E-state index is 0.116. The van der Waals surface area contributed by atoms with Crippen LogP contribution >= 0.6 is 15.9 Å². The van der Waals surface area contributed by atoms with E-state index < -0.39 is 0 Å². The molecule has 0 saturated heterocycles. The fourth-order valence-corrected chi connectivity index (χ4v) is 2.57. The highest BCUT2D eigenvalue weighted by molar-refractivity contribution is 9.10. The molecule has 0 saturated carbocycles. The van der Waals surface area contributed by atoms with E-state index in [4.69, 9.17) is 4.74 Å². The molecule has 1 heterocycles. The molecule has 1 aliphatic carbocycles. The normalized spacial score (nSPS) is 13.7. The number of nitrogens with zero attached hydrogens (tertiary/aromatic N) is 2. The lowest BCUT2D eigenvalue weighted by atomic mass is 9.98. The van der Waals surface area contributed by atoms with Crippen molar-refractivity contribution in [1.29, 1.82) is 0 Å². The minimum atomic E-state index is -0.326. The maximum absolute atomic E-state index is 12.6. The van der Waals surface area contributed by atoms with Gasteiger partial charge in [0.2, 0.25) is 17.4 Å². The van der Waals surface area contributed by atoms with E-state index in [2.05, 4.69) is 26.3 Å². The number of carbonyl (C=O) groups is 2. The summed E-state index contributed by atoms with van der Waals surface area (Å²) in [5.74, 6) is -0.368. The van der Waals surface area contributed by atoms with Gasteiger partial charge in [-0.3, -0.25) is 9.59 Å². The third-order valence-corrected chi connectivity index (χ3v) is 3.82. The number of rotatable bonds is 3. The molecule has 22 heavy (non-hydrogen) atoms. The van der Waals surface area contributed by atoms with Gasteiger partial charge >= 0.3 is 0 Å². The molecular formula is C15H12BrN3O3. The van der Waals surface area contributed by atoms with E-state index in [9.17, 15) is 9.59 Å². The Morgan fingerprint density at radius 3 is 2.55 bits per heavy atom. The highest BCUT2D eigenvalue weighted by atomic mass is 79.9. The number of nitrogens with one attached hydrogen (secondary N) is 1. The zero-order valence-electron chi connectivity index (χ0n) is 11.9. The maximum atomic E-state index is 12.6. The van der Waals surface area contributed by atoms with Crippen molar-refractivity contribution in [2.75, 3.05) is 12.4 Å². The van der Waals surface area contributed by atoms with E-state index in [1.165, 1.54) is 17.9 Å². The molecule has 112 valence electrons.